The minimum atomic E-state index is -0.563. The first-order valence-corrected chi connectivity index (χ1v) is 7.48. The van der Waals surface area contributed by atoms with Gasteiger partial charge < -0.3 is 16.4 Å². The molecule has 0 aliphatic carbocycles. The van der Waals surface area contributed by atoms with E-state index in [4.69, 9.17) is 5.73 Å². The van der Waals surface area contributed by atoms with Crippen LogP contribution in [-0.2, 0) is 6.54 Å². The fraction of sp³-hybridized carbons (Fsp3) is 0.467. The summed E-state index contributed by atoms with van der Waals surface area (Å²) in [5, 5.41) is 10.4. The molecule has 0 bridgehead atoms. The molecule has 0 unspecified atom stereocenters. The smallest absolute Gasteiger partial charge is 0.254 e. The van der Waals surface area contributed by atoms with E-state index in [1.807, 2.05) is 13.1 Å². The Kier molecular flexibility index (Phi) is 4.83. The third kappa shape index (κ3) is 4.67. The third-order valence-corrected chi connectivity index (χ3v) is 3.05. The van der Waals surface area contributed by atoms with Crippen LogP contribution >= 0.6 is 0 Å². The van der Waals surface area contributed by atoms with Crippen molar-refractivity contribution in [3.05, 3.63) is 24.2 Å². The Labute approximate surface area is 135 Å². The van der Waals surface area contributed by atoms with Crippen molar-refractivity contribution in [3.63, 3.8) is 0 Å². The number of nitrogens with one attached hydrogen (secondary N) is 2. The molecule has 124 valence electrons. The lowest BCUT2D eigenvalue weighted by atomic mass is 9.97. The normalized spacial score (nSPS) is 11.3. The fourth-order valence-corrected chi connectivity index (χ4v) is 1.84. The highest BCUT2D eigenvalue weighted by molar-refractivity contribution is 5.97. The van der Waals surface area contributed by atoms with Crippen LogP contribution in [0.3, 0.4) is 0 Å². The molecule has 0 aromatic carbocycles. The highest BCUT2D eigenvalue weighted by atomic mass is 16.1. The number of nitrogens with two attached hydrogens (primary N) is 1. The van der Waals surface area contributed by atoms with Crippen molar-refractivity contribution in [3.8, 4) is 0 Å². The molecule has 2 aromatic rings. The largest absolute Gasteiger partial charge is 0.369 e. The van der Waals surface area contributed by atoms with E-state index in [1.54, 1.807) is 10.9 Å². The molecule has 0 saturated heterocycles. The van der Waals surface area contributed by atoms with E-state index in [-0.39, 0.29) is 11.0 Å². The van der Waals surface area contributed by atoms with E-state index in [9.17, 15) is 4.79 Å². The summed E-state index contributed by atoms with van der Waals surface area (Å²) in [6.45, 7) is 9.69. The molecule has 8 heteroatoms. The molecule has 4 N–H and O–H groups in total. The summed E-state index contributed by atoms with van der Waals surface area (Å²) in [4.78, 5) is 20.0. The molecule has 1 amide bonds. The van der Waals surface area contributed by atoms with Crippen LogP contribution in [0.1, 0.15) is 38.1 Å². The Bertz CT molecular complexity index is 687. The lowest BCUT2D eigenvalue weighted by Crippen LogP contribution is -2.23. The van der Waals surface area contributed by atoms with Crippen molar-refractivity contribution in [1.82, 2.24) is 19.7 Å². The highest BCUT2D eigenvalue weighted by Gasteiger charge is 2.16. The van der Waals surface area contributed by atoms with Crippen molar-refractivity contribution in [2.45, 2.75) is 34.2 Å². The summed E-state index contributed by atoms with van der Waals surface area (Å²) in [7, 11) is 0. The van der Waals surface area contributed by atoms with Crippen molar-refractivity contribution in [2.75, 3.05) is 17.2 Å². The second kappa shape index (κ2) is 6.64. The van der Waals surface area contributed by atoms with Crippen LogP contribution in [0.2, 0.25) is 0 Å². The van der Waals surface area contributed by atoms with E-state index in [2.05, 4.69) is 46.5 Å². The van der Waals surface area contributed by atoms with Gasteiger partial charge in [-0.25, -0.2) is 4.98 Å². The van der Waals surface area contributed by atoms with Gasteiger partial charge in [0.05, 0.1) is 17.4 Å². The van der Waals surface area contributed by atoms with E-state index < -0.39 is 5.91 Å². The Morgan fingerprint density at radius 3 is 2.65 bits per heavy atom. The van der Waals surface area contributed by atoms with Crippen LogP contribution in [0, 0.1) is 5.41 Å². The molecule has 2 rings (SSSR count). The van der Waals surface area contributed by atoms with Gasteiger partial charge in [-0.05, 0) is 12.3 Å². The minimum Gasteiger partial charge on any atom is -0.369 e. The third-order valence-electron chi connectivity index (χ3n) is 3.05. The maximum Gasteiger partial charge on any atom is 0.254 e. The number of amides is 1. The molecule has 2 aromatic heterocycles. The number of carbonyl (C=O) groups is 1. The summed E-state index contributed by atoms with van der Waals surface area (Å²) in [6, 6.07) is 0. The van der Waals surface area contributed by atoms with Gasteiger partial charge in [-0.1, -0.05) is 20.8 Å². The summed E-state index contributed by atoms with van der Waals surface area (Å²) >= 11 is 0. The first-order chi connectivity index (χ1) is 10.8. The zero-order valence-corrected chi connectivity index (χ0v) is 13.9. The molecule has 2 heterocycles. The molecule has 0 radical (unpaired) electrons. The van der Waals surface area contributed by atoms with Gasteiger partial charge >= 0.3 is 0 Å². The average Bonchev–Trinajstić information content (AvgIpc) is 2.92. The first kappa shape index (κ1) is 16.7. The number of carbonyl (C=O) groups excluding carboxylic acids is 1. The van der Waals surface area contributed by atoms with Crippen LogP contribution in [0.15, 0.2) is 18.6 Å². The highest BCUT2D eigenvalue weighted by Crippen LogP contribution is 2.19. The summed E-state index contributed by atoms with van der Waals surface area (Å²) in [5.74, 6) is 0.238. The number of aromatic nitrogens is 4. The van der Waals surface area contributed by atoms with Crippen molar-refractivity contribution >= 4 is 23.4 Å². The minimum absolute atomic E-state index is 0.0374. The number of hydrogen-bond donors (Lipinski definition) is 3. The Hall–Kier alpha value is -2.64. The second-order valence-electron chi connectivity index (χ2n) is 6.44. The van der Waals surface area contributed by atoms with Crippen LogP contribution in [-0.4, -0.2) is 32.2 Å². The van der Waals surface area contributed by atoms with Crippen molar-refractivity contribution in [2.24, 2.45) is 11.1 Å². The van der Waals surface area contributed by atoms with E-state index in [0.717, 1.165) is 12.2 Å². The lowest BCUT2D eigenvalue weighted by Gasteiger charge is -2.20. The van der Waals surface area contributed by atoms with Gasteiger partial charge in [0.2, 0.25) is 5.95 Å². The molecule has 23 heavy (non-hydrogen) atoms. The second-order valence-corrected chi connectivity index (χ2v) is 6.44. The molecule has 0 spiro atoms. The molecule has 0 atom stereocenters. The first-order valence-electron chi connectivity index (χ1n) is 7.48. The van der Waals surface area contributed by atoms with Crippen LogP contribution in [0.5, 0.6) is 0 Å². The van der Waals surface area contributed by atoms with Gasteiger partial charge in [0.15, 0.2) is 0 Å². The van der Waals surface area contributed by atoms with Crippen LogP contribution in [0.4, 0.5) is 17.5 Å². The Balaban J connectivity index is 2.22. The van der Waals surface area contributed by atoms with Gasteiger partial charge in [-0.3, -0.25) is 9.48 Å². The number of rotatable bonds is 6. The molecular weight excluding hydrogens is 294 g/mol. The molecule has 8 nitrogen and oxygen atoms in total. The van der Waals surface area contributed by atoms with Gasteiger partial charge in [0.1, 0.15) is 5.82 Å². The predicted octanol–water partition coefficient (Wildman–Crippen LogP) is 1.99. The van der Waals surface area contributed by atoms with E-state index in [0.29, 0.717) is 18.3 Å². The van der Waals surface area contributed by atoms with E-state index in [1.165, 1.54) is 6.20 Å². The van der Waals surface area contributed by atoms with Crippen LogP contribution in [0.25, 0.3) is 0 Å². The number of primary amides is 1. The molecule has 0 saturated carbocycles. The summed E-state index contributed by atoms with van der Waals surface area (Å²) in [5.41, 5.74) is 6.47. The molecule has 0 aliphatic heterocycles. The fourth-order valence-electron chi connectivity index (χ4n) is 1.84. The maximum atomic E-state index is 11.5. The average molecular weight is 317 g/mol. The predicted molar refractivity (Wildman–Crippen MR) is 89.7 cm³/mol. The van der Waals surface area contributed by atoms with Crippen molar-refractivity contribution in [1.29, 1.82) is 0 Å². The molecular formula is C15H23N7O. The Morgan fingerprint density at radius 1 is 1.35 bits per heavy atom. The van der Waals surface area contributed by atoms with E-state index >= 15 is 0 Å². The SMILES string of the molecule is CCn1cc(Nc2ncc(C(N)=O)c(NCC(C)(C)C)n2)cn1. The monoisotopic (exact) mass is 317 g/mol. The standard InChI is InChI=1S/C15H23N7O/c1-5-22-8-10(6-19-22)20-14-17-7-11(12(16)23)13(21-14)18-9-15(2,3)4/h6-8H,5,9H2,1-4H3,(H2,16,23)(H2,17,18,20,21). The maximum absolute atomic E-state index is 11.5. The summed E-state index contributed by atoms with van der Waals surface area (Å²) < 4.78 is 1.79. The molecule has 0 aliphatic rings. The number of aryl methyl sites for hydroxylation is 1. The van der Waals surface area contributed by atoms with Crippen LogP contribution < -0.4 is 16.4 Å². The number of hydrogen-bond acceptors (Lipinski definition) is 6. The van der Waals surface area contributed by atoms with Gasteiger partial charge in [-0.2, -0.15) is 10.1 Å². The van der Waals surface area contributed by atoms with Crippen molar-refractivity contribution < 1.29 is 4.79 Å². The number of nitrogens with zero attached hydrogens (tertiary/aromatic N) is 4. The van der Waals surface area contributed by atoms with Gasteiger partial charge in [-0.15, -0.1) is 0 Å². The molecule has 0 fully saturated rings. The Morgan fingerprint density at radius 2 is 2.09 bits per heavy atom. The lowest BCUT2D eigenvalue weighted by molar-refractivity contribution is 0.100. The quantitative estimate of drug-likeness (QED) is 0.751. The zero-order chi connectivity index (χ0) is 17.0. The zero-order valence-electron chi connectivity index (χ0n) is 13.9. The van der Waals surface area contributed by atoms with Gasteiger partial charge in [0, 0.05) is 25.5 Å². The van der Waals surface area contributed by atoms with Gasteiger partial charge in [0.25, 0.3) is 5.91 Å². The summed E-state index contributed by atoms with van der Waals surface area (Å²) in [6.07, 6.45) is 4.97. The topological polar surface area (TPSA) is 111 Å². The number of anilines is 3.